The molecule has 0 aliphatic carbocycles. The average molecular weight is 296 g/mol. The van der Waals surface area contributed by atoms with Gasteiger partial charge in [-0.2, -0.15) is 0 Å². The standard InChI is InChI=1S/C18H20N2O2/c1-21-17-4-2-3-5-18(17)22-11-10-19-13-14-6-7-16-15(12-14)8-9-20-16/h2-9,12,19-20H,10-11,13H2,1H3. The molecule has 0 saturated heterocycles. The molecule has 1 heterocycles. The van der Waals surface area contributed by atoms with Gasteiger partial charge in [0.05, 0.1) is 7.11 Å². The Kier molecular flexibility index (Phi) is 4.61. The lowest BCUT2D eigenvalue weighted by molar-refractivity contribution is 0.292. The monoisotopic (exact) mass is 296 g/mol. The number of para-hydroxylation sites is 2. The van der Waals surface area contributed by atoms with Crippen molar-refractivity contribution in [3.05, 3.63) is 60.3 Å². The predicted molar refractivity (Wildman–Crippen MR) is 88.5 cm³/mol. The molecule has 3 aromatic rings. The number of hydrogen-bond donors (Lipinski definition) is 2. The molecule has 22 heavy (non-hydrogen) atoms. The fourth-order valence-corrected chi connectivity index (χ4v) is 2.42. The summed E-state index contributed by atoms with van der Waals surface area (Å²) < 4.78 is 11.0. The highest BCUT2D eigenvalue weighted by atomic mass is 16.5. The quantitative estimate of drug-likeness (QED) is 0.657. The molecule has 4 heteroatoms. The number of H-pyrrole nitrogens is 1. The second-order valence-electron chi connectivity index (χ2n) is 5.08. The zero-order chi connectivity index (χ0) is 15.2. The highest BCUT2D eigenvalue weighted by Crippen LogP contribution is 2.25. The number of aromatic nitrogens is 1. The van der Waals surface area contributed by atoms with Gasteiger partial charge in [0, 0.05) is 24.8 Å². The van der Waals surface area contributed by atoms with Crippen LogP contribution in [0.25, 0.3) is 10.9 Å². The van der Waals surface area contributed by atoms with Crippen LogP contribution in [0.15, 0.2) is 54.7 Å². The minimum absolute atomic E-state index is 0.604. The van der Waals surface area contributed by atoms with Gasteiger partial charge in [-0.15, -0.1) is 0 Å². The number of nitrogens with one attached hydrogen (secondary N) is 2. The van der Waals surface area contributed by atoms with Gasteiger partial charge in [0.25, 0.3) is 0 Å². The number of rotatable bonds is 7. The van der Waals surface area contributed by atoms with Gasteiger partial charge in [-0.3, -0.25) is 0 Å². The average Bonchev–Trinajstić information content (AvgIpc) is 3.02. The van der Waals surface area contributed by atoms with Gasteiger partial charge in [-0.25, -0.2) is 0 Å². The van der Waals surface area contributed by atoms with Crippen LogP contribution in [0.1, 0.15) is 5.56 Å². The Balaban J connectivity index is 1.45. The van der Waals surface area contributed by atoms with E-state index in [0.29, 0.717) is 6.61 Å². The fourth-order valence-electron chi connectivity index (χ4n) is 2.42. The molecule has 0 spiro atoms. The van der Waals surface area contributed by atoms with Crippen LogP contribution >= 0.6 is 0 Å². The van der Waals surface area contributed by atoms with Crippen molar-refractivity contribution in [1.29, 1.82) is 0 Å². The Morgan fingerprint density at radius 3 is 2.77 bits per heavy atom. The first-order valence-electron chi connectivity index (χ1n) is 7.39. The largest absolute Gasteiger partial charge is 0.493 e. The Bertz CT molecular complexity index is 737. The van der Waals surface area contributed by atoms with Crippen molar-refractivity contribution in [2.75, 3.05) is 20.3 Å². The SMILES string of the molecule is COc1ccccc1OCCNCc1ccc2[nH]ccc2c1. The summed E-state index contributed by atoms with van der Waals surface area (Å²) in [7, 11) is 1.65. The van der Waals surface area contributed by atoms with Crippen LogP contribution in [0.4, 0.5) is 0 Å². The van der Waals surface area contributed by atoms with E-state index in [9.17, 15) is 0 Å². The van der Waals surface area contributed by atoms with E-state index in [-0.39, 0.29) is 0 Å². The fraction of sp³-hybridized carbons (Fsp3) is 0.222. The first kappa shape index (κ1) is 14.5. The Hall–Kier alpha value is -2.46. The second-order valence-corrected chi connectivity index (χ2v) is 5.08. The highest BCUT2D eigenvalue weighted by Gasteiger charge is 2.02. The molecule has 0 aliphatic heterocycles. The third kappa shape index (κ3) is 3.40. The first-order valence-corrected chi connectivity index (χ1v) is 7.39. The van der Waals surface area contributed by atoms with Gasteiger partial charge in [0.2, 0.25) is 0 Å². The maximum Gasteiger partial charge on any atom is 0.161 e. The third-order valence-corrected chi connectivity index (χ3v) is 3.55. The summed E-state index contributed by atoms with van der Waals surface area (Å²) in [6.45, 7) is 2.21. The summed E-state index contributed by atoms with van der Waals surface area (Å²) in [5, 5.41) is 4.63. The summed E-state index contributed by atoms with van der Waals surface area (Å²) in [5.74, 6) is 1.54. The first-order chi connectivity index (χ1) is 10.9. The molecule has 0 amide bonds. The molecular formula is C18H20N2O2. The molecule has 1 aromatic heterocycles. The van der Waals surface area contributed by atoms with Gasteiger partial charge in [-0.05, 0) is 41.3 Å². The number of fused-ring (bicyclic) bond motifs is 1. The van der Waals surface area contributed by atoms with E-state index in [4.69, 9.17) is 9.47 Å². The van der Waals surface area contributed by atoms with Crippen molar-refractivity contribution < 1.29 is 9.47 Å². The minimum atomic E-state index is 0.604. The zero-order valence-corrected chi connectivity index (χ0v) is 12.6. The van der Waals surface area contributed by atoms with Gasteiger partial charge < -0.3 is 19.8 Å². The van der Waals surface area contributed by atoms with E-state index in [1.54, 1.807) is 7.11 Å². The maximum atomic E-state index is 5.73. The summed E-state index contributed by atoms with van der Waals surface area (Å²) in [6, 6.07) is 16.2. The van der Waals surface area contributed by atoms with Gasteiger partial charge in [0.15, 0.2) is 11.5 Å². The molecule has 114 valence electrons. The number of ether oxygens (including phenoxy) is 2. The van der Waals surface area contributed by atoms with Gasteiger partial charge in [-0.1, -0.05) is 18.2 Å². The Morgan fingerprint density at radius 1 is 1.05 bits per heavy atom. The molecule has 3 rings (SSSR count). The summed E-state index contributed by atoms with van der Waals surface area (Å²) in [4.78, 5) is 3.20. The highest BCUT2D eigenvalue weighted by molar-refractivity contribution is 5.79. The van der Waals surface area contributed by atoms with Crippen molar-refractivity contribution in [2.24, 2.45) is 0 Å². The van der Waals surface area contributed by atoms with Gasteiger partial charge >= 0.3 is 0 Å². The predicted octanol–water partition coefficient (Wildman–Crippen LogP) is 3.35. The molecule has 2 N–H and O–H groups in total. The number of methoxy groups -OCH3 is 1. The molecule has 0 unspecified atom stereocenters. The Labute approximate surface area is 130 Å². The second kappa shape index (κ2) is 7.00. The molecule has 0 fully saturated rings. The number of benzene rings is 2. The molecule has 0 atom stereocenters. The van der Waals surface area contributed by atoms with E-state index in [0.717, 1.165) is 24.6 Å². The van der Waals surface area contributed by atoms with Crippen LogP contribution in [0.3, 0.4) is 0 Å². The maximum absolute atomic E-state index is 5.73. The van der Waals surface area contributed by atoms with Crippen LogP contribution in [0.5, 0.6) is 11.5 Å². The lowest BCUT2D eigenvalue weighted by atomic mass is 10.1. The summed E-state index contributed by atoms with van der Waals surface area (Å²) in [5.41, 5.74) is 2.44. The van der Waals surface area contributed by atoms with Crippen molar-refractivity contribution in [1.82, 2.24) is 10.3 Å². The molecule has 4 nitrogen and oxygen atoms in total. The zero-order valence-electron chi connectivity index (χ0n) is 12.6. The van der Waals surface area contributed by atoms with Crippen molar-refractivity contribution in [2.45, 2.75) is 6.54 Å². The number of hydrogen-bond acceptors (Lipinski definition) is 3. The van der Waals surface area contributed by atoms with Crippen LogP contribution in [0.2, 0.25) is 0 Å². The third-order valence-electron chi connectivity index (χ3n) is 3.55. The molecule has 0 radical (unpaired) electrons. The van der Waals surface area contributed by atoms with Crippen molar-refractivity contribution in [3.8, 4) is 11.5 Å². The Morgan fingerprint density at radius 2 is 1.91 bits per heavy atom. The van der Waals surface area contributed by atoms with E-state index >= 15 is 0 Å². The smallest absolute Gasteiger partial charge is 0.161 e. The molecule has 0 saturated carbocycles. The van der Waals surface area contributed by atoms with Crippen LogP contribution < -0.4 is 14.8 Å². The van der Waals surface area contributed by atoms with Crippen molar-refractivity contribution in [3.63, 3.8) is 0 Å². The van der Waals surface area contributed by atoms with E-state index < -0.39 is 0 Å². The van der Waals surface area contributed by atoms with Crippen LogP contribution in [0, 0.1) is 0 Å². The molecule has 0 bridgehead atoms. The summed E-state index contributed by atoms with van der Waals surface area (Å²) in [6.07, 6.45) is 1.96. The topological polar surface area (TPSA) is 46.3 Å². The lowest BCUT2D eigenvalue weighted by Gasteiger charge is -2.11. The summed E-state index contributed by atoms with van der Waals surface area (Å²) >= 11 is 0. The van der Waals surface area contributed by atoms with E-state index in [1.807, 2.05) is 30.5 Å². The molecule has 2 aromatic carbocycles. The lowest BCUT2D eigenvalue weighted by Crippen LogP contribution is -2.20. The van der Waals surface area contributed by atoms with E-state index in [2.05, 4.69) is 34.6 Å². The van der Waals surface area contributed by atoms with Gasteiger partial charge in [0.1, 0.15) is 6.61 Å². The van der Waals surface area contributed by atoms with Crippen molar-refractivity contribution >= 4 is 10.9 Å². The normalized spacial score (nSPS) is 10.8. The number of aromatic amines is 1. The van der Waals surface area contributed by atoms with Crippen LogP contribution in [-0.2, 0) is 6.54 Å². The molecular weight excluding hydrogens is 276 g/mol. The molecule has 0 aliphatic rings. The van der Waals surface area contributed by atoms with E-state index in [1.165, 1.54) is 16.5 Å². The minimum Gasteiger partial charge on any atom is -0.493 e. The van der Waals surface area contributed by atoms with Crippen LogP contribution in [-0.4, -0.2) is 25.2 Å².